The molecule has 0 aliphatic heterocycles. The molecule has 3 rings (SSSR count). The van der Waals surface area contributed by atoms with Crippen molar-refractivity contribution in [2.75, 3.05) is 12.3 Å². The van der Waals surface area contributed by atoms with E-state index in [1.807, 2.05) is 0 Å². The smallest absolute Gasteiger partial charge is 0.396 e. The average Bonchev–Trinajstić information content (AvgIpc) is 3.11. The van der Waals surface area contributed by atoms with Crippen LogP contribution >= 0.6 is 0 Å². The summed E-state index contributed by atoms with van der Waals surface area (Å²) in [6.45, 7) is 1.51. The van der Waals surface area contributed by atoms with E-state index < -0.39 is 23.9 Å². The van der Waals surface area contributed by atoms with Crippen LogP contribution in [0.2, 0.25) is 0 Å². The van der Waals surface area contributed by atoms with Gasteiger partial charge in [-0.25, -0.2) is 4.98 Å². The molecule has 8 nitrogen and oxygen atoms in total. The van der Waals surface area contributed by atoms with Crippen molar-refractivity contribution in [3.63, 3.8) is 0 Å². The number of alkyl halides is 3. The number of anilines is 1. The molecule has 1 atom stereocenters. The van der Waals surface area contributed by atoms with Crippen molar-refractivity contribution >= 4 is 11.6 Å². The molecule has 1 amide bonds. The van der Waals surface area contributed by atoms with Gasteiger partial charge in [-0.3, -0.25) is 14.5 Å². The summed E-state index contributed by atoms with van der Waals surface area (Å²) in [4.78, 5) is 20.5. The lowest BCUT2D eigenvalue weighted by Gasteiger charge is -2.14. The van der Waals surface area contributed by atoms with Gasteiger partial charge in [0.25, 0.3) is 5.91 Å². The van der Waals surface area contributed by atoms with Gasteiger partial charge in [-0.05, 0) is 25.1 Å². The molecule has 11 heteroatoms. The summed E-state index contributed by atoms with van der Waals surface area (Å²) in [7, 11) is 1.69. The van der Waals surface area contributed by atoms with E-state index in [4.69, 9.17) is 5.73 Å². The Bertz CT molecular complexity index is 1060. The van der Waals surface area contributed by atoms with E-state index in [2.05, 4.69) is 20.4 Å². The predicted octanol–water partition coefficient (Wildman–Crippen LogP) is 2.26. The third-order valence-corrected chi connectivity index (χ3v) is 4.19. The molecule has 3 aromatic heterocycles. The monoisotopic (exact) mass is 420 g/mol. The molecule has 4 N–H and O–H groups in total. The zero-order valence-corrected chi connectivity index (χ0v) is 16.1. The van der Waals surface area contributed by atoms with Crippen LogP contribution in [0.3, 0.4) is 0 Å². The maximum Gasteiger partial charge on any atom is 0.433 e. The molecule has 3 heterocycles. The summed E-state index contributed by atoms with van der Waals surface area (Å²) in [5.41, 5.74) is 6.55. The largest absolute Gasteiger partial charge is 0.433 e. The standard InChI is InChI=1S/C19H19F3N6O2/c1-10(29)6-25-18(30)13-5-14(11-3-4-15(24-7-11)19(20,21)22)27-17(16(13)23)12-8-26-28(2)9-12/h3-5,7-10,29H,6,23H2,1-2H3,(H,25,30)/t10-/m1/s1. The summed E-state index contributed by atoms with van der Waals surface area (Å²) in [5, 5.41) is 16.0. The molecule has 30 heavy (non-hydrogen) atoms. The van der Waals surface area contributed by atoms with E-state index >= 15 is 0 Å². The van der Waals surface area contributed by atoms with Gasteiger partial charge in [-0.1, -0.05) is 0 Å². The summed E-state index contributed by atoms with van der Waals surface area (Å²) in [5.74, 6) is -0.554. The Balaban J connectivity index is 2.10. The second-order valence-corrected chi connectivity index (χ2v) is 6.71. The van der Waals surface area contributed by atoms with Gasteiger partial charge < -0.3 is 16.2 Å². The number of carbonyl (C=O) groups is 1. The van der Waals surface area contributed by atoms with Crippen molar-refractivity contribution < 1.29 is 23.1 Å². The number of hydrogen-bond acceptors (Lipinski definition) is 6. The fraction of sp³-hybridized carbons (Fsp3) is 0.263. The van der Waals surface area contributed by atoms with Gasteiger partial charge >= 0.3 is 6.18 Å². The van der Waals surface area contributed by atoms with E-state index in [-0.39, 0.29) is 34.7 Å². The minimum absolute atomic E-state index is 0.00000934. The third kappa shape index (κ3) is 4.57. The lowest BCUT2D eigenvalue weighted by molar-refractivity contribution is -0.141. The first-order valence-electron chi connectivity index (χ1n) is 8.85. The lowest BCUT2D eigenvalue weighted by atomic mass is 10.0. The molecule has 3 aromatic rings. The fourth-order valence-electron chi connectivity index (χ4n) is 2.70. The number of hydrogen-bond donors (Lipinski definition) is 3. The SMILES string of the molecule is C[C@@H](O)CNC(=O)c1cc(-c2ccc(C(F)(F)F)nc2)nc(-c2cnn(C)c2)c1N. The van der Waals surface area contributed by atoms with E-state index in [0.29, 0.717) is 5.56 Å². The molecule has 0 saturated heterocycles. The number of nitrogens with zero attached hydrogens (tertiary/aromatic N) is 4. The minimum Gasteiger partial charge on any atom is -0.396 e. The molecule has 0 unspecified atom stereocenters. The Morgan fingerprint density at radius 2 is 2.03 bits per heavy atom. The Morgan fingerprint density at radius 3 is 2.57 bits per heavy atom. The van der Waals surface area contributed by atoms with Gasteiger partial charge in [-0.15, -0.1) is 0 Å². The molecule has 0 saturated carbocycles. The number of nitrogens with one attached hydrogen (secondary N) is 1. The molecule has 158 valence electrons. The number of aryl methyl sites for hydroxylation is 1. The van der Waals surface area contributed by atoms with Crippen LogP contribution in [0.4, 0.5) is 18.9 Å². The highest BCUT2D eigenvalue weighted by Gasteiger charge is 2.32. The first kappa shape index (κ1) is 21.2. The number of pyridine rings is 2. The van der Waals surface area contributed by atoms with Crippen LogP contribution < -0.4 is 11.1 Å². The molecular weight excluding hydrogens is 401 g/mol. The maximum absolute atomic E-state index is 12.8. The van der Waals surface area contributed by atoms with Crippen molar-refractivity contribution in [2.24, 2.45) is 7.05 Å². The molecule has 0 aromatic carbocycles. The zero-order valence-electron chi connectivity index (χ0n) is 16.1. The van der Waals surface area contributed by atoms with Gasteiger partial charge in [-0.2, -0.15) is 18.3 Å². The summed E-state index contributed by atoms with van der Waals surface area (Å²) < 4.78 is 39.9. The molecule has 0 aliphatic rings. The Morgan fingerprint density at radius 1 is 1.30 bits per heavy atom. The van der Waals surface area contributed by atoms with Crippen LogP contribution in [0.5, 0.6) is 0 Å². The van der Waals surface area contributed by atoms with Gasteiger partial charge in [0.2, 0.25) is 0 Å². The van der Waals surface area contributed by atoms with Crippen molar-refractivity contribution in [1.82, 2.24) is 25.1 Å². The number of carbonyl (C=O) groups excluding carboxylic acids is 1. The number of nitrogens with two attached hydrogens (primary N) is 1. The normalized spacial score (nSPS) is 12.6. The number of nitrogen functional groups attached to an aromatic ring is 1. The first-order valence-corrected chi connectivity index (χ1v) is 8.85. The highest BCUT2D eigenvalue weighted by molar-refractivity contribution is 6.03. The van der Waals surface area contributed by atoms with E-state index in [0.717, 1.165) is 12.3 Å². The van der Waals surface area contributed by atoms with Crippen LogP contribution in [0.15, 0.2) is 36.8 Å². The second kappa shape index (κ2) is 8.11. The number of rotatable bonds is 5. The number of aliphatic hydroxyl groups excluding tert-OH is 1. The fourth-order valence-corrected chi connectivity index (χ4v) is 2.70. The van der Waals surface area contributed by atoms with Gasteiger partial charge in [0.1, 0.15) is 5.69 Å². The van der Waals surface area contributed by atoms with Gasteiger partial charge in [0.05, 0.1) is 34.9 Å². The van der Waals surface area contributed by atoms with Gasteiger partial charge in [0.15, 0.2) is 0 Å². The van der Waals surface area contributed by atoms with Crippen LogP contribution in [-0.4, -0.2) is 43.4 Å². The molecule has 0 spiro atoms. The minimum atomic E-state index is -4.57. The quantitative estimate of drug-likeness (QED) is 0.583. The molecular formula is C19H19F3N6O2. The van der Waals surface area contributed by atoms with Crippen LogP contribution in [-0.2, 0) is 13.2 Å². The second-order valence-electron chi connectivity index (χ2n) is 6.71. The molecule has 0 fully saturated rings. The average molecular weight is 420 g/mol. The topological polar surface area (TPSA) is 119 Å². The van der Waals surface area contributed by atoms with Crippen molar-refractivity contribution in [1.29, 1.82) is 0 Å². The number of halogens is 3. The summed E-state index contributed by atoms with van der Waals surface area (Å²) >= 11 is 0. The van der Waals surface area contributed by atoms with Crippen LogP contribution in [0.1, 0.15) is 23.0 Å². The van der Waals surface area contributed by atoms with Crippen molar-refractivity contribution in [3.05, 3.63) is 48.0 Å². The van der Waals surface area contributed by atoms with Crippen molar-refractivity contribution in [3.8, 4) is 22.5 Å². The maximum atomic E-state index is 12.8. The van der Waals surface area contributed by atoms with Crippen molar-refractivity contribution in [2.45, 2.75) is 19.2 Å². The Hall–Kier alpha value is -3.47. The zero-order chi connectivity index (χ0) is 22.1. The molecule has 0 bridgehead atoms. The van der Waals surface area contributed by atoms with E-state index in [1.54, 1.807) is 13.2 Å². The Kier molecular flexibility index (Phi) is 5.74. The first-order chi connectivity index (χ1) is 14.1. The summed E-state index contributed by atoms with van der Waals surface area (Å²) in [6, 6.07) is 3.43. The number of aliphatic hydroxyl groups is 1. The van der Waals surface area contributed by atoms with E-state index in [9.17, 15) is 23.1 Å². The summed E-state index contributed by atoms with van der Waals surface area (Å²) in [6.07, 6.45) is -1.16. The molecule has 0 radical (unpaired) electrons. The van der Waals surface area contributed by atoms with Crippen LogP contribution in [0.25, 0.3) is 22.5 Å². The molecule has 0 aliphatic carbocycles. The highest BCUT2D eigenvalue weighted by Crippen LogP contribution is 2.32. The number of aromatic nitrogens is 4. The lowest BCUT2D eigenvalue weighted by Crippen LogP contribution is -2.31. The third-order valence-electron chi connectivity index (χ3n) is 4.19. The predicted molar refractivity (Wildman–Crippen MR) is 103 cm³/mol. The Labute approximate surface area is 169 Å². The van der Waals surface area contributed by atoms with Crippen LogP contribution in [0, 0.1) is 0 Å². The van der Waals surface area contributed by atoms with E-state index in [1.165, 1.54) is 29.9 Å². The highest BCUT2D eigenvalue weighted by atomic mass is 19.4. The number of amides is 1. The van der Waals surface area contributed by atoms with Gasteiger partial charge in [0, 0.05) is 37.1 Å².